The predicted octanol–water partition coefficient (Wildman–Crippen LogP) is 3.49. The smallest absolute Gasteiger partial charge is 0.191 e. The van der Waals surface area contributed by atoms with Crippen LogP contribution in [-0.2, 0) is 11.2 Å². The summed E-state index contributed by atoms with van der Waals surface area (Å²) in [7, 11) is 3.39. The van der Waals surface area contributed by atoms with Gasteiger partial charge in [-0.25, -0.2) is 0 Å². The second-order valence-corrected chi connectivity index (χ2v) is 5.51. The molecule has 24 heavy (non-hydrogen) atoms. The van der Waals surface area contributed by atoms with Crippen LogP contribution in [0.3, 0.4) is 0 Å². The molecule has 0 saturated carbocycles. The number of ether oxygens (including phenoxy) is 2. The lowest BCUT2D eigenvalue weighted by atomic mass is 10.1. The zero-order chi connectivity index (χ0) is 16.9. The lowest BCUT2D eigenvalue weighted by Crippen LogP contribution is -2.39. The molecular formula is C17H29ClIN3O2. The first-order chi connectivity index (χ1) is 11.2. The molecule has 1 aromatic carbocycles. The van der Waals surface area contributed by atoms with Gasteiger partial charge < -0.3 is 20.1 Å². The van der Waals surface area contributed by atoms with E-state index in [0.717, 1.165) is 61.3 Å². The van der Waals surface area contributed by atoms with E-state index in [2.05, 4.69) is 22.5 Å². The Morgan fingerprint density at radius 3 is 2.58 bits per heavy atom. The van der Waals surface area contributed by atoms with Gasteiger partial charge in [-0.3, -0.25) is 4.99 Å². The van der Waals surface area contributed by atoms with Crippen LogP contribution in [-0.4, -0.2) is 46.4 Å². The summed E-state index contributed by atoms with van der Waals surface area (Å²) < 4.78 is 10.7. The van der Waals surface area contributed by atoms with E-state index in [1.807, 2.05) is 18.2 Å². The first-order valence-corrected chi connectivity index (χ1v) is 8.43. The number of unbranched alkanes of at least 4 members (excludes halogenated alkanes) is 1. The fourth-order valence-corrected chi connectivity index (χ4v) is 2.25. The average Bonchev–Trinajstić information content (AvgIpc) is 2.57. The zero-order valence-corrected chi connectivity index (χ0v) is 17.8. The standard InChI is InChI=1S/C17H28ClN3O2.HI/c1-4-5-11-23-12-10-21-17(19-2)20-9-8-14-6-7-15(22-3)13-16(14)18;/h6-7,13H,4-5,8-12H2,1-3H3,(H2,19,20,21);1H. The minimum Gasteiger partial charge on any atom is -0.497 e. The normalized spacial score (nSPS) is 10.9. The van der Waals surface area contributed by atoms with Crippen molar-refractivity contribution in [3.63, 3.8) is 0 Å². The van der Waals surface area contributed by atoms with Gasteiger partial charge in [-0.2, -0.15) is 0 Å². The molecule has 7 heteroatoms. The highest BCUT2D eigenvalue weighted by Gasteiger charge is 2.03. The van der Waals surface area contributed by atoms with Crippen LogP contribution in [0.15, 0.2) is 23.2 Å². The fourth-order valence-electron chi connectivity index (χ4n) is 1.98. The summed E-state index contributed by atoms with van der Waals surface area (Å²) in [5.74, 6) is 1.54. The molecule has 2 N–H and O–H groups in total. The molecule has 1 rings (SSSR count). The molecule has 0 aliphatic carbocycles. The predicted molar refractivity (Wildman–Crippen MR) is 112 cm³/mol. The maximum atomic E-state index is 6.23. The maximum Gasteiger partial charge on any atom is 0.191 e. The number of halogens is 2. The molecule has 0 saturated heterocycles. The molecular weight excluding hydrogens is 441 g/mol. The largest absolute Gasteiger partial charge is 0.497 e. The monoisotopic (exact) mass is 469 g/mol. The molecule has 0 aromatic heterocycles. The quantitative estimate of drug-likeness (QED) is 0.238. The van der Waals surface area contributed by atoms with Crippen molar-refractivity contribution in [2.24, 2.45) is 4.99 Å². The first-order valence-electron chi connectivity index (χ1n) is 8.06. The second-order valence-electron chi connectivity index (χ2n) is 5.10. The number of hydrogen-bond acceptors (Lipinski definition) is 3. The summed E-state index contributed by atoms with van der Waals surface area (Å²) in [4.78, 5) is 4.19. The first kappa shape index (κ1) is 23.3. The minimum atomic E-state index is 0. The molecule has 0 atom stereocenters. The van der Waals surface area contributed by atoms with Crippen molar-refractivity contribution in [2.45, 2.75) is 26.2 Å². The van der Waals surface area contributed by atoms with Crippen molar-refractivity contribution in [1.29, 1.82) is 0 Å². The Morgan fingerprint density at radius 1 is 1.21 bits per heavy atom. The molecule has 0 unspecified atom stereocenters. The van der Waals surface area contributed by atoms with Crippen LogP contribution >= 0.6 is 35.6 Å². The number of hydrogen-bond donors (Lipinski definition) is 2. The van der Waals surface area contributed by atoms with Crippen LogP contribution < -0.4 is 15.4 Å². The molecule has 0 fully saturated rings. The van der Waals surface area contributed by atoms with Crippen LogP contribution in [0.2, 0.25) is 5.02 Å². The van der Waals surface area contributed by atoms with Gasteiger partial charge in [-0.05, 0) is 30.5 Å². The van der Waals surface area contributed by atoms with E-state index < -0.39 is 0 Å². The maximum absolute atomic E-state index is 6.23. The van der Waals surface area contributed by atoms with Gasteiger partial charge in [0.2, 0.25) is 0 Å². The molecule has 0 amide bonds. The Labute approximate surface area is 167 Å². The summed E-state index contributed by atoms with van der Waals surface area (Å²) in [6.07, 6.45) is 3.08. The van der Waals surface area contributed by atoms with Gasteiger partial charge >= 0.3 is 0 Å². The van der Waals surface area contributed by atoms with Gasteiger partial charge in [-0.15, -0.1) is 24.0 Å². The number of guanidine groups is 1. The Hall–Kier alpha value is -0.730. The number of nitrogens with one attached hydrogen (secondary N) is 2. The highest BCUT2D eigenvalue weighted by molar-refractivity contribution is 14.0. The van der Waals surface area contributed by atoms with E-state index in [0.29, 0.717) is 6.61 Å². The molecule has 0 spiro atoms. The number of nitrogens with zero attached hydrogens (tertiary/aromatic N) is 1. The molecule has 1 aromatic rings. The van der Waals surface area contributed by atoms with Crippen molar-refractivity contribution < 1.29 is 9.47 Å². The van der Waals surface area contributed by atoms with Crippen molar-refractivity contribution >= 4 is 41.5 Å². The summed E-state index contributed by atoms with van der Waals surface area (Å²) in [6.45, 7) is 5.16. The van der Waals surface area contributed by atoms with Gasteiger partial charge in [0.05, 0.1) is 13.7 Å². The van der Waals surface area contributed by atoms with Crippen LogP contribution in [0, 0.1) is 0 Å². The molecule has 0 radical (unpaired) electrons. The Bertz CT molecular complexity index is 487. The van der Waals surface area contributed by atoms with Crippen molar-refractivity contribution in [3.8, 4) is 5.75 Å². The second kappa shape index (κ2) is 14.6. The third-order valence-electron chi connectivity index (χ3n) is 3.35. The van der Waals surface area contributed by atoms with Crippen molar-refractivity contribution in [2.75, 3.05) is 40.5 Å². The number of rotatable bonds is 10. The van der Waals surface area contributed by atoms with E-state index in [-0.39, 0.29) is 24.0 Å². The van der Waals surface area contributed by atoms with Gasteiger partial charge in [0.15, 0.2) is 5.96 Å². The lowest BCUT2D eigenvalue weighted by Gasteiger charge is -2.12. The highest BCUT2D eigenvalue weighted by Crippen LogP contribution is 2.22. The van der Waals surface area contributed by atoms with E-state index in [1.54, 1.807) is 14.2 Å². The van der Waals surface area contributed by atoms with Crippen LogP contribution in [0.5, 0.6) is 5.75 Å². The third kappa shape index (κ3) is 9.54. The van der Waals surface area contributed by atoms with Gasteiger partial charge in [-0.1, -0.05) is 31.0 Å². The fraction of sp³-hybridized carbons (Fsp3) is 0.588. The summed E-state index contributed by atoms with van der Waals surface area (Å²) >= 11 is 6.23. The Morgan fingerprint density at radius 2 is 1.96 bits per heavy atom. The molecule has 0 aliphatic heterocycles. The molecule has 0 heterocycles. The topological polar surface area (TPSA) is 54.9 Å². The van der Waals surface area contributed by atoms with E-state index in [9.17, 15) is 0 Å². The molecule has 5 nitrogen and oxygen atoms in total. The average molecular weight is 470 g/mol. The molecule has 0 aliphatic rings. The molecule has 138 valence electrons. The Balaban J connectivity index is 0.00000529. The SMILES string of the molecule is CCCCOCCNC(=NC)NCCc1ccc(OC)cc1Cl.I. The zero-order valence-electron chi connectivity index (χ0n) is 14.7. The molecule has 0 bridgehead atoms. The lowest BCUT2D eigenvalue weighted by molar-refractivity contribution is 0.136. The van der Waals surface area contributed by atoms with Crippen LogP contribution in [0.25, 0.3) is 0 Å². The van der Waals surface area contributed by atoms with Crippen molar-refractivity contribution in [1.82, 2.24) is 10.6 Å². The highest BCUT2D eigenvalue weighted by atomic mass is 127. The summed E-state index contributed by atoms with van der Waals surface area (Å²) in [5, 5.41) is 7.22. The third-order valence-corrected chi connectivity index (χ3v) is 3.70. The number of methoxy groups -OCH3 is 1. The van der Waals surface area contributed by atoms with Gasteiger partial charge in [0.25, 0.3) is 0 Å². The number of aliphatic imine (C=N–C) groups is 1. The van der Waals surface area contributed by atoms with E-state index >= 15 is 0 Å². The van der Waals surface area contributed by atoms with Crippen LogP contribution in [0.4, 0.5) is 0 Å². The minimum absolute atomic E-state index is 0. The van der Waals surface area contributed by atoms with Crippen LogP contribution in [0.1, 0.15) is 25.3 Å². The van der Waals surface area contributed by atoms with E-state index in [1.165, 1.54) is 0 Å². The summed E-state index contributed by atoms with van der Waals surface area (Å²) in [6, 6.07) is 5.74. The number of benzene rings is 1. The van der Waals surface area contributed by atoms with Gasteiger partial charge in [0, 0.05) is 31.8 Å². The van der Waals surface area contributed by atoms with Crippen molar-refractivity contribution in [3.05, 3.63) is 28.8 Å². The summed E-state index contributed by atoms with van der Waals surface area (Å²) in [5.41, 5.74) is 1.08. The Kier molecular flexibility index (Phi) is 14.2. The van der Waals surface area contributed by atoms with E-state index in [4.69, 9.17) is 21.1 Å². The van der Waals surface area contributed by atoms with Gasteiger partial charge in [0.1, 0.15) is 5.75 Å².